The summed E-state index contributed by atoms with van der Waals surface area (Å²) in [6.45, 7) is 7.04. The van der Waals surface area contributed by atoms with Crippen LogP contribution in [0.3, 0.4) is 0 Å². The van der Waals surface area contributed by atoms with Crippen molar-refractivity contribution in [2.45, 2.75) is 42.9 Å². The minimum absolute atomic E-state index is 0.224. The molecule has 9 heteroatoms. The first-order valence-electron chi connectivity index (χ1n) is 6.37. The van der Waals surface area contributed by atoms with Gasteiger partial charge in [0.05, 0.1) is 0 Å². The van der Waals surface area contributed by atoms with Crippen LogP contribution in [0.25, 0.3) is 0 Å². The molecule has 22 heavy (non-hydrogen) atoms. The second-order valence-corrected chi connectivity index (χ2v) is 8.74. The highest BCUT2D eigenvalue weighted by atomic mass is 35.6. The predicted octanol–water partition coefficient (Wildman–Crippen LogP) is 3.74. The van der Waals surface area contributed by atoms with Gasteiger partial charge in [-0.3, -0.25) is 4.79 Å². The number of aryl methyl sites for hydroxylation is 1. The third-order valence-corrected chi connectivity index (χ3v) is 3.61. The van der Waals surface area contributed by atoms with Gasteiger partial charge in [0, 0.05) is 17.2 Å². The fourth-order valence-corrected chi connectivity index (χ4v) is 2.01. The number of halogens is 3. The van der Waals surface area contributed by atoms with Crippen LogP contribution in [0.5, 0.6) is 5.88 Å². The number of hydrogen-bond acceptors (Lipinski definition) is 5. The van der Waals surface area contributed by atoms with E-state index in [1.54, 1.807) is 33.8 Å². The number of hydrogen-bond donors (Lipinski definition) is 1. The Kier molecular flexibility index (Phi) is 6.62. The lowest BCUT2D eigenvalue weighted by Crippen LogP contribution is -2.51. The number of aromatic nitrogens is 2. The molecule has 0 aromatic carbocycles. The van der Waals surface area contributed by atoms with E-state index in [4.69, 9.17) is 39.5 Å². The molecule has 1 rings (SSSR count). The molecule has 0 aliphatic heterocycles. The summed E-state index contributed by atoms with van der Waals surface area (Å²) in [5.74, 6) is -0.0814. The van der Waals surface area contributed by atoms with Crippen LogP contribution in [0.4, 0.5) is 0 Å². The highest BCUT2D eigenvalue weighted by Crippen LogP contribution is 2.32. The number of carbonyl (C=O) groups is 1. The van der Waals surface area contributed by atoms with Crippen LogP contribution >= 0.6 is 46.6 Å². The number of nitrogens with one attached hydrogen (secondary N) is 1. The van der Waals surface area contributed by atoms with Gasteiger partial charge < -0.3 is 10.1 Å². The molecule has 0 fully saturated rings. The van der Waals surface area contributed by atoms with E-state index in [1.165, 1.54) is 11.8 Å². The zero-order chi connectivity index (χ0) is 17.1. The quantitative estimate of drug-likeness (QED) is 0.369. The van der Waals surface area contributed by atoms with Crippen molar-refractivity contribution in [3.05, 3.63) is 11.8 Å². The molecule has 1 heterocycles. The minimum atomic E-state index is -1.85. The molecule has 1 aromatic rings. The first-order valence-corrected chi connectivity index (χ1v) is 8.73. The third-order valence-electron chi connectivity index (χ3n) is 2.47. The van der Waals surface area contributed by atoms with E-state index < -0.39 is 15.4 Å². The lowest BCUT2D eigenvalue weighted by Gasteiger charge is -2.28. The zero-order valence-corrected chi connectivity index (χ0v) is 16.0. The summed E-state index contributed by atoms with van der Waals surface area (Å²) in [5, 5.41) is 3.11. The van der Waals surface area contributed by atoms with Crippen molar-refractivity contribution in [3.63, 3.8) is 0 Å². The van der Waals surface area contributed by atoms with E-state index in [1.807, 2.05) is 6.26 Å². The average Bonchev–Trinajstić information content (AvgIpc) is 2.34. The zero-order valence-electron chi connectivity index (χ0n) is 12.9. The van der Waals surface area contributed by atoms with Gasteiger partial charge in [0.15, 0.2) is 5.16 Å². The van der Waals surface area contributed by atoms with Crippen molar-refractivity contribution in [1.82, 2.24) is 15.3 Å². The molecule has 1 amide bonds. The maximum Gasteiger partial charge on any atom is 0.246 e. The average molecular weight is 387 g/mol. The molecule has 0 spiro atoms. The van der Waals surface area contributed by atoms with Gasteiger partial charge in [-0.05, 0) is 13.2 Å². The number of thioether (sulfide) groups is 1. The first kappa shape index (κ1) is 19.6. The molecule has 1 aromatic heterocycles. The van der Waals surface area contributed by atoms with Gasteiger partial charge in [-0.2, -0.15) is 4.98 Å². The van der Waals surface area contributed by atoms with E-state index in [9.17, 15) is 4.79 Å². The molecule has 0 saturated heterocycles. The molecular weight excluding hydrogens is 369 g/mol. The smallest absolute Gasteiger partial charge is 0.246 e. The summed E-state index contributed by atoms with van der Waals surface area (Å²) in [6, 6.07) is 1.60. The maximum absolute atomic E-state index is 12.1. The lowest BCUT2D eigenvalue weighted by molar-refractivity contribution is -0.131. The Morgan fingerprint density at radius 1 is 1.32 bits per heavy atom. The molecule has 1 N–H and O–H groups in total. The number of nitrogens with zero attached hydrogens (tertiary/aromatic N) is 2. The number of carbonyl (C=O) groups excluding carboxylic acids is 1. The molecule has 0 bridgehead atoms. The molecule has 0 saturated carbocycles. The molecule has 0 aliphatic rings. The van der Waals surface area contributed by atoms with Gasteiger partial charge in [0.25, 0.3) is 0 Å². The van der Waals surface area contributed by atoms with Crippen molar-refractivity contribution in [3.8, 4) is 5.88 Å². The maximum atomic E-state index is 12.1. The molecule has 124 valence electrons. The van der Waals surface area contributed by atoms with Gasteiger partial charge >= 0.3 is 0 Å². The summed E-state index contributed by atoms with van der Waals surface area (Å²) in [7, 11) is 0. The SMILES string of the molecule is CSc1nc(C)cc(OC(NC(=O)C(C)(C)C)C(Cl)(Cl)Cl)n1. The predicted molar refractivity (Wildman–Crippen MR) is 90.9 cm³/mol. The summed E-state index contributed by atoms with van der Waals surface area (Å²) in [4.78, 5) is 20.5. The number of alkyl halides is 3. The van der Waals surface area contributed by atoms with E-state index in [0.29, 0.717) is 10.9 Å². The van der Waals surface area contributed by atoms with E-state index in [0.717, 1.165) is 0 Å². The van der Waals surface area contributed by atoms with Crippen LogP contribution < -0.4 is 10.1 Å². The number of rotatable bonds is 4. The second-order valence-electron chi connectivity index (χ2n) is 5.60. The highest BCUT2D eigenvalue weighted by molar-refractivity contribution is 7.98. The van der Waals surface area contributed by atoms with E-state index in [2.05, 4.69) is 15.3 Å². The van der Waals surface area contributed by atoms with Crippen LogP contribution in [0.1, 0.15) is 26.5 Å². The van der Waals surface area contributed by atoms with Gasteiger partial charge in [0.2, 0.25) is 21.8 Å². The molecule has 1 unspecified atom stereocenters. The van der Waals surface area contributed by atoms with Gasteiger partial charge in [-0.1, -0.05) is 67.3 Å². The third kappa shape index (κ3) is 5.99. The molecular formula is C13H18Cl3N3O2S. The standard InChI is InChI=1S/C13H18Cl3N3O2S/c1-7-6-8(18-11(17-7)22-5)21-10(13(14,15)16)19-9(20)12(2,3)4/h6,10H,1-5H3,(H,19,20). The highest BCUT2D eigenvalue weighted by Gasteiger charge is 2.38. The summed E-state index contributed by atoms with van der Waals surface area (Å²) >= 11 is 19.1. The fourth-order valence-electron chi connectivity index (χ4n) is 1.30. The normalized spacial score (nSPS) is 13.6. The Morgan fingerprint density at radius 3 is 2.36 bits per heavy atom. The van der Waals surface area contributed by atoms with Gasteiger partial charge in [-0.25, -0.2) is 4.98 Å². The van der Waals surface area contributed by atoms with E-state index >= 15 is 0 Å². The monoisotopic (exact) mass is 385 g/mol. The molecule has 1 atom stereocenters. The first-order chi connectivity index (χ1) is 9.93. The molecule has 5 nitrogen and oxygen atoms in total. The van der Waals surface area contributed by atoms with Crippen molar-refractivity contribution >= 4 is 52.5 Å². The van der Waals surface area contributed by atoms with Crippen LogP contribution in [0.15, 0.2) is 11.2 Å². The number of amides is 1. The summed E-state index contributed by atoms with van der Waals surface area (Å²) in [6.07, 6.45) is 0.667. The van der Waals surface area contributed by atoms with Crippen molar-refractivity contribution in [2.75, 3.05) is 6.26 Å². The second kappa shape index (κ2) is 7.43. The Morgan fingerprint density at radius 2 is 1.91 bits per heavy atom. The fraction of sp³-hybridized carbons (Fsp3) is 0.615. The summed E-state index contributed by atoms with van der Waals surface area (Å²) in [5.41, 5.74) is 0.0587. The molecule has 0 radical (unpaired) electrons. The Balaban J connectivity index is 3.00. The van der Waals surface area contributed by atoms with Crippen LogP contribution in [-0.4, -0.2) is 32.2 Å². The van der Waals surface area contributed by atoms with Gasteiger partial charge in [-0.15, -0.1) is 0 Å². The lowest BCUT2D eigenvalue weighted by atomic mass is 9.96. The molecule has 0 aliphatic carbocycles. The van der Waals surface area contributed by atoms with Crippen molar-refractivity contribution < 1.29 is 9.53 Å². The van der Waals surface area contributed by atoms with Crippen LogP contribution in [0, 0.1) is 12.3 Å². The Labute approximate surface area is 149 Å². The van der Waals surface area contributed by atoms with E-state index in [-0.39, 0.29) is 11.8 Å². The van der Waals surface area contributed by atoms with Gasteiger partial charge in [0.1, 0.15) is 0 Å². The number of ether oxygens (including phenoxy) is 1. The summed E-state index contributed by atoms with van der Waals surface area (Å²) < 4.78 is 3.73. The minimum Gasteiger partial charge on any atom is -0.449 e. The van der Waals surface area contributed by atoms with Crippen molar-refractivity contribution in [1.29, 1.82) is 0 Å². The largest absolute Gasteiger partial charge is 0.449 e. The van der Waals surface area contributed by atoms with Crippen molar-refractivity contribution in [2.24, 2.45) is 5.41 Å². The van der Waals surface area contributed by atoms with Crippen LogP contribution in [0.2, 0.25) is 0 Å². The van der Waals surface area contributed by atoms with Crippen LogP contribution in [-0.2, 0) is 4.79 Å². The topological polar surface area (TPSA) is 64.1 Å². The Hall–Kier alpha value is -0.430. The Bertz CT molecular complexity index is 544.